The summed E-state index contributed by atoms with van der Waals surface area (Å²) < 4.78 is 13.2. The molecule has 0 bridgehead atoms. The summed E-state index contributed by atoms with van der Waals surface area (Å²) in [4.78, 5) is 24.2. The summed E-state index contributed by atoms with van der Waals surface area (Å²) in [7, 11) is 3.84. The van der Waals surface area contributed by atoms with Gasteiger partial charge in [-0.15, -0.1) is 0 Å². The van der Waals surface area contributed by atoms with E-state index in [9.17, 15) is 19.3 Å². The highest BCUT2D eigenvalue weighted by molar-refractivity contribution is 5.98. The van der Waals surface area contributed by atoms with Gasteiger partial charge in [0.25, 0.3) is 11.6 Å². The summed E-state index contributed by atoms with van der Waals surface area (Å²) in [5.41, 5.74) is -0.874. The smallest absolute Gasteiger partial charge is 0.282 e. The lowest BCUT2D eigenvalue weighted by Gasteiger charge is -2.28. The van der Waals surface area contributed by atoms with E-state index in [0.29, 0.717) is 6.54 Å². The fourth-order valence-electron chi connectivity index (χ4n) is 2.18. The maximum Gasteiger partial charge on any atom is 0.282 e. The zero-order chi connectivity index (χ0) is 16.2. The summed E-state index contributed by atoms with van der Waals surface area (Å²) >= 11 is 0. The van der Waals surface area contributed by atoms with Crippen molar-refractivity contribution < 1.29 is 14.1 Å². The van der Waals surface area contributed by atoms with Crippen LogP contribution in [0.1, 0.15) is 24.2 Å². The third-order valence-electron chi connectivity index (χ3n) is 2.87. The lowest BCUT2D eigenvalue weighted by Crippen LogP contribution is -2.40. The minimum atomic E-state index is -0.695. The number of nitrogens with zero attached hydrogens (tertiary/aromatic N) is 2. The second kappa shape index (κ2) is 6.62. The van der Waals surface area contributed by atoms with E-state index in [-0.39, 0.29) is 11.0 Å². The molecule has 0 saturated carbocycles. The fraction of sp³-hybridized carbons (Fsp3) is 0.500. The molecule has 0 unspecified atom stereocenters. The number of halogens is 1. The van der Waals surface area contributed by atoms with Gasteiger partial charge in [0.2, 0.25) is 0 Å². The van der Waals surface area contributed by atoms with Gasteiger partial charge in [-0.05, 0) is 31.6 Å². The van der Waals surface area contributed by atoms with Crippen LogP contribution in [-0.4, -0.2) is 42.9 Å². The highest BCUT2D eigenvalue weighted by atomic mass is 19.1. The molecule has 0 spiro atoms. The van der Waals surface area contributed by atoms with Gasteiger partial charge < -0.3 is 10.2 Å². The van der Waals surface area contributed by atoms with Gasteiger partial charge in [0.05, 0.1) is 4.92 Å². The van der Waals surface area contributed by atoms with Crippen molar-refractivity contribution in [3.8, 4) is 0 Å². The van der Waals surface area contributed by atoms with E-state index in [4.69, 9.17) is 0 Å². The van der Waals surface area contributed by atoms with Crippen LogP contribution >= 0.6 is 0 Å². The van der Waals surface area contributed by atoms with Gasteiger partial charge in [-0.3, -0.25) is 14.9 Å². The average Bonchev–Trinajstić information content (AvgIpc) is 2.34. The molecule has 1 aromatic carbocycles. The van der Waals surface area contributed by atoms with Gasteiger partial charge in [0, 0.05) is 19.2 Å². The predicted molar refractivity (Wildman–Crippen MR) is 77.7 cm³/mol. The standard InChI is InChI=1S/C14H20FN3O3/c1-14(2,9-17(3)4)8-16-13(19)11-7-10(15)5-6-12(11)18(20)21/h5-7H,8-9H2,1-4H3,(H,16,19). The van der Waals surface area contributed by atoms with E-state index in [1.54, 1.807) is 0 Å². The lowest BCUT2D eigenvalue weighted by molar-refractivity contribution is -0.385. The summed E-state index contributed by atoms with van der Waals surface area (Å²) in [5.74, 6) is -1.33. The molecule has 0 aromatic heterocycles. The van der Waals surface area contributed by atoms with Crippen LogP contribution < -0.4 is 5.32 Å². The van der Waals surface area contributed by atoms with Gasteiger partial charge >= 0.3 is 0 Å². The zero-order valence-electron chi connectivity index (χ0n) is 12.6. The Morgan fingerprint density at radius 2 is 2.05 bits per heavy atom. The molecule has 1 aromatic rings. The maximum atomic E-state index is 13.2. The van der Waals surface area contributed by atoms with E-state index in [1.807, 2.05) is 32.8 Å². The Morgan fingerprint density at radius 1 is 1.43 bits per heavy atom. The largest absolute Gasteiger partial charge is 0.351 e. The number of amides is 1. The van der Waals surface area contributed by atoms with Crippen LogP contribution in [-0.2, 0) is 0 Å². The number of nitro benzene ring substituents is 1. The third-order valence-corrected chi connectivity index (χ3v) is 2.87. The third kappa shape index (κ3) is 5.11. The molecule has 0 heterocycles. The first-order valence-electron chi connectivity index (χ1n) is 6.49. The number of benzene rings is 1. The Hall–Kier alpha value is -2.02. The minimum Gasteiger partial charge on any atom is -0.351 e. The molecule has 0 fully saturated rings. The topological polar surface area (TPSA) is 75.5 Å². The number of hydrogen-bond donors (Lipinski definition) is 1. The first kappa shape index (κ1) is 17.0. The molecule has 6 nitrogen and oxygen atoms in total. The molecular formula is C14H20FN3O3. The molecule has 0 atom stereocenters. The Labute approximate surface area is 123 Å². The van der Waals surface area contributed by atoms with Crippen molar-refractivity contribution in [2.75, 3.05) is 27.2 Å². The van der Waals surface area contributed by atoms with Crippen molar-refractivity contribution in [2.24, 2.45) is 5.41 Å². The molecule has 1 amide bonds. The highest BCUT2D eigenvalue weighted by Crippen LogP contribution is 2.20. The van der Waals surface area contributed by atoms with Gasteiger partial charge in [-0.2, -0.15) is 0 Å². The highest BCUT2D eigenvalue weighted by Gasteiger charge is 2.24. The predicted octanol–water partition coefficient (Wildman–Crippen LogP) is 2.05. The second-order valence-electron chi connectivity index (χ2n) is 6.00. The molecule has 0 aliphatic heterocycles. The normalized spacial score (nSPS) is 11.5. The number of hydrogen-bond acceptors (Lipinski definition) is 4. The minimum absolute atomic E-state index is 0.207. The molecule has 0 saturated heterocycles. The van der Waals surface area contributed by atoms with Gasteiger partial charge in [0.15, 0.2) is 0 Å². The van der Waals surface area contributed by atoms with E-state index >= 15 is 0 Å². The van der Waals surface area contributed by atoms with Gasteiger partial charge in [-0.1, -0.05) is 13.8 Å². The molecular weight excluding hydrogens is 277 g/mol. The van der Waals surface area contributed by atoms with E-state index < -0.39 is 22.3 Å². The molecule has 7 heteroatoms. The Morgan fingerprint density at radius 3 is 2.57 bits per heavy atom. The quantitative estimate of drug-likeness (QED) is 0.644. The SMILES string of the molecule is CN(C)CC(C)(C)CNC(=O)c1cc(F)ccc1[N+](=O)[O-]. The zero-order valence-corrected chi connectivity index (χ0v) is 12.6. The van der Waals surface area contributed by atoms with E-state index in [0.717, 1.165) is 24.7 Å². The van der Waals surface area contributed by atoms with Crippen LogP contribution in [0.3, 0.4) is 0 Å². The van der Waals surface area contributed by atoms with Crippen LogP contribution in [0, 0.1) is 21.3 Å². The Bertz CT molecular complexity index is 544. The molecule has 1 rings (SSSR count). The fourth-order valence-corrected chi connectivity index (χ4v) is 2.18. The van der Waals surface area contributed by atoms with Crippen molar-refractivity contribution >= 4 is 11.6 Å². The number of carbonyl (C=O) groups is 1. The first-order valence-corrected chi connectivity index (χ1v) is 6.49. The van der Waals surface area contributed by atoms with Crippen molar-refractivity contribution in [1.82, 2.24) is 10.2 Å². The Balaban J connectivity index is 2.85. The number of nitro groups is 1. The van der Waals surface area contributed by atoms with Crippen molar-refractivity contribution in [1.29, 1.82) is 0 Å². The van der Waals surface area contributed by atoms with Crippen LogP contribution in [0.25, 0.3) is 0 Å². The lowest BCUT2D eigenvalue weighted by atomic mass is 9.93. The maximum absolute atomic E-state index is 13.2. The van der Waals surface area contributed by atoms with Crippen molar-refractivity contribution in [2.45, 2.75) is 13.8 Å². The summed E-state index contributed by atoms with van der Waals surface area (Å²) in [6.45, 7) is 5.00. The van der Waals surface area contributed by atoms with Crippen LogP contribution in [0.2, 0.25) is 0 Å². The monoisotopic (exact) mass is 297 g/mol. The van der Waals surface area contributed by atoms with Crippen molar-refractivity contribution in [3.63, 3.8) is 0 Å². The number of carbonyl (C=O) groups excluding carboxylic acids is 1. The summed E-state index contributed by atoms with van der Waals surface area (Å²) in [5, 5.41) is 13.5. The molecule has 116 valence electrons. The van der Waals surface area contributed by atoms with Gasteiger partial charge in [-0.25, -0.2) is 4.39 Å². The first-order chi connectivity index (χ1) is 9.62. The molecule has 0 aliphatic rings. The average molecular weight is 297 g/mol. The van der Waals surface area contributed by atoms with Crippen LogP contribution in [0.15, 0.2) is 18.2 Å². The van der Waals surface area contributed by atoms with Crippen molar-refractivity contribution in [3.05, 3.63) is 39.7 Å². The van der Waals surface area contributed by atoms with Crippen LogP contribution in [0.5, 0.6) is 0 Å². The van der Waals surface area contributed by atoms with Crippen LogP contribution in [0.4, 0.5) is 10.1 Å². The number of nitrogens with one attached hydrogen (secondary N) is 1. The van der Waals surface area contributed by atoms with E-state index in [2.05, 4.69) is 5.32 Å². The summed E-state index contributed by atoms with van der Waals surface area (Å²) in [6.07, 6.45) is 0. The van der Waals surface area contributed by atoms with Gasteiger partial charge in [0.1, 0.15) is 11.4 Å². The second-order valence-corrected chi connectivity index (χ2v) is 6.00. The molecule has 0 aliphatic carbocycles. The molecule has 1 N–H and O–H groups in total. The molecule has 0 radical (unpaired) electrons. The van der Waals surface area contributed by atoms with E-state index in [1.165, 1.54) is 0 Å². The molecule has 21 heavy (non-hydrogen) atoms. The summed E-state index contributed by atoms with van der Waals surface area (Å²) in [6, 6.07) is 2.84. The Kier molecular flexibility index (Phi) is 5.37. The number of rotatable bonds is 6.